The van der Waals surface area contributed by atoms with E-state index >= 15 is 0 Å². The average molecular weight is 508 g/mol. The molecule has 158 valence electrons. The Morgan fingerprint density at radius 2 is 1.93 bits per heavy atom. The van der Waals surface area contributed by atoms with Crippen molar-refractivity contribution in [1.29, 1.82) is 0 Å². The number of benzene rings is 1. The Morgan fingerprint density at radius 1 is 1.25 bits per heavy atom. The Labute approximate surface area is 183 Å². The second kappa shape index (κ2) is 13.7. The highest BCUT2D eigenvalue weighted by atomic mass is 127. The van der Waals surface area contributed by atoms with Crippen LogP contribution in [0.1, 0.15) is 19.3 Å². The van der Waals surface area contributed by atoms with Crippen molar-refractivity contribution in [1.82, 2.24) is 10.2 Å². The maximum absolute atomic E-state index is 12.9. The van der Waals surface area contributed by atoms with Gasteiger partial charge in [-0.3, -0.25) is 9.79 Å². The monoisotopic (exact) mass is 508 g/mol. The highest BCUT2D eigenvalue weighted by Crippen LogP contribution is 2.14. The summed E-state index contributed by atoms with van der Waals surface area (Å²) in [6, 6.07) is 5.67. The highest BCUT2D eigenvalue weighted by molar-refractivity contribution is 14.0. The quantitative estimate of drug-likeness (QED) is 0.244. The van der Waals surface area contributed by atoms with Gasteiger partial charge >= 0.3 is 0 Å². The number of rotatable bonds is 8. The lowest BCUT2D eigenvalue weighted by atomic mass is 10.1. The van der Waals surface area contributed by atoms with E-state index in [1.54, 1.807) is 14.2 Å². The van der Waals surface area contributed by atoms with Gasteiger partial charge in [-0.2, -0.15) is 0 Å². The van der Waals surface area contributed by atoms with Gasteiger partial charge in [-0.25, -0.2) is 4.39 Å². The molecule has 1 aliphatic heterocycles. The Morgan fingerprint density at radius 3 is 2.54 bits per heavy atom. The molecule has 0 bridgehead atoms. The van der Waals surface area contributed by atoms with Gasteiger partial charge in [0.15, 0.2) is 5.96 Å². The molecule has 28 heavy (non-hydrogen) atoms. The van der Waals surface area contributed by atoms with Gasteiger partial charge in [0.05, 0.1) is 12.6 Å². The van der Waals surface area contributed by atoms with Gasteiger partial charge in [-0.1, -0.05) is 0 Å². The third-order valence-electron chi connectivity index (χ3n) is 4.33. The molecule has 1 amide bonds. The minimum absolute atomic E-state index is 0. The first-order valence-electron chi connectivity index (χ1n) is 9.24. The predicted octanol–water partition coefficient (Wildman–Crippen LogP) is 2.48. The molecular formula is C19H30FIN4O3. The second-order valence-electron chi connectivity index (χ2n) is 6.36. The Bertz CT molecular complexity index is 608. The van der Waals surface area contributed by atoms with E-state index in [2.05, 4.69) is 20.5 Å². The lowest BCUT2D eigenvalue weighted by Gasteiger charge is -2.34. The van der Waals surface area contributed by atoms with Crippen LogP contribution >= 0.6 is 24.0 Å². The molecule has 2 rings (SSSR count). The van der Waals surface area contributed by atoms with Crippen molar-refractivity contribution < 1.29 is 18.7 Å². The lowest BCUT2D eigenvalue weighted by Crippen LogP contribution is -2.48. The molecule has 0 saturated carbocycles. The first-order chi connectivity index (χ1) is 13.1. The molecule has 7 nitrogen and oxygen atoms in total. The maximum atomic E-state index is 12.9. The molecule has 1 saturated heterocycles. The summed E-state index contributed by atoms with van der Waals surface area (Å²) < 4.78 is 23.8. The largest absolute Gasteiger partial charge is 0.385 e. The molecular weight excluding hydrogens is 478 g/mol. The molecule has 9 heteroatoms. The number of carbonyl (C=O) groups is 1. The van der Waals surface area contributed by atoms with E-state index < -0.39 is 0 Å². The average Bonchev–Trinajstić information content (AvgIpc) is 2.68. The fraction of sp³-hybridized carbons (Fsp3) is 0.579. The van der Waals surface area contributed by atoms with Crippen LogP contribution in [0.4, 0.5) is 10.1 Å². The van der Waals surface area contributed by atoms with E-state index in [1.165, 1.54) is 24.3 Å². The Kier molecular flexibility index (Phi) is 12.0. The van der Waals surface area contributed by atoms with Crippen molar-refractivity contribution in [2.24, 2.45) is 4.99 Å². The number of nitrogens with zero attached hydrogens (tertiary/aromatic N) is 2. The van der Waals surface area contributed by atoms with E-state index in [-0.39, 0.29) is 48.3 Å². The summed E-state index contributed by atoms with van der Waals surface area (Å²) in [5.41, 5.74) is 0.560. The number of anilines is 1. The summed E-state index contributed by atoms with van der Waals surface area (Å²) in [5, 5.41) is 5.80. The molecule has 0 aliphatic carbocycles. The highest BCUT2D eigenvalue weighted by Gasteiger charge is 2.22. The fourth-order valence-corrected chi connectivity index (χ4v) is 2.92. The van der Waals surface area contributed by atoms with E-state index in [4.69, 9.17) is 9.47 Å². The van der Waals surface area contributed by atoms with Crippen LogP contribution in [0.3, 0.4) is 0 Å². The third-order valence-corrected chi connectivity index (χ3v) is 4.33. The zero-order valence-corrected chi connectivity index (χ0v) is 18.8. The number of guanidine groups is 1. The second-order valence-corrected chi connectivity index (χ2v) is 6.36. The number of amides is 1. The number of hydrogen-bond acceptors (Lipinski definition) is 4. The van der Waals surface area contributed by atoms with Crippen LogP contribution in [0, 0.1) is 5.82 Å². The molecule has 0 atom stereocenters. The van der Waals surface area contributed by atoms with Crippen molar-refractivity contribution in [2.45, 2.75) is 25.4 Å². The van der Waals surface area contributed by atoms with Crippen molar-refractivity contribution in [3.63, 3.8) is 0 Å². The molecule has 0 aromatic heterocycles. The van der Waals surface area contributed by atoms with E-state index in [1.807, 2.05) is 0 Å². The van der Waals surface area contributed by atoms with Crippen LogP contribution in [0.5, 0.6) is 0 Å². The van der Waals surface area contributed by atoms with Gasteiger partial charge in [0.25, 0.3) is 0 Å². The summed E-state index contributed by atoms with van der Waals surface area (Å²) in [5.74, 6) is 0.152. The number of methoxy groups -OCH3 is 1. The zero-order chi connectivity index (χ0) is 19.5. The maximum Gasteiger partial charge on any atom is 0.243 e. The Balaban J connectivity index is 0.00000392. The minimum atomic E-state index is -0.336. The SMILES string of the molecule is CN=C(NCC(=O)Nc1ccc(F)cc1)N1CCC(OCCCOC)CC1.I. The standard InChI is InChI=1S/C19H29FN4O3.HI/c1-21-19(22-14-18(25)23-16-6-4-15(20)5-7-16)24-10-8-17(9-11-24)27-13-3-12-26-2;/h4-7,17H,3,8-14H2,1-2H3,(H,21,22)(H,23,25);1H. The van der Waals surface area contributed by atoms with Crippen molar-refractivity contribution in [2.75, 3.05) is 52.3 Å². The number of halogens is 2. The van der Waals surface area contributed by atoms with Gasteiger partial charge in [0, 0.05) is 46.1 Å². The van der Waals surface area contributed by atoms with Crippen LogP contribution in [0.2, 0.25) is 0 Å². The molecule has 1 heterocycles. The van der Waals surface area contributed by atoms with Gasteiger partial charge < -0.3 is 25.0 Å². The predicted molar refractivity (Wildman–Crippen MR) is 119 cm³/mol. The van der Waals surface area contributed by atoms with E-state index in [9.17, 15) is 9.18 Å². The van der Waals surface area contributed by atoms with Crippen LogP contribution in [0.25, 0.3) is 0 Å². The van der Waals surface area contributed by atoms with Gasteiger partial charge in [-0.05, 0) is 43.5 Å². The van der Waals surface area contributed by atoms with Gasteiger partial charge in [-0.15, -0.1) is 24.0 Å². The number of nitrogens with one attached hydrogen (secondary N) is 2. The lowest BCUT2D eigenvalue weighted by molar-refractivity contribution is -0.115. The smallest absolute Gasteiger partial charge is 0.243 e. The molecule has 0 spiro atoms. The fourth-order valence-electron chi connectivity index (χ4n) is 2.92. The van der Waals surface area contributed by atoms with Crippen LogP contribution in [-0.4, -0.2) is 69.9 Å². The summed E-state index contributed by atoms with van der Waals surface area (Å²) in [7, 11) is 3.39. The summed E-state index contributed by atoms with van der Waals surface area (Å²) in [6.45, 7) is 3.18. The summed E-state index contributed by atoms with van der Waals surface area (Å²) in [6.07, 6.45) is 3.02. The van der Waals surface area contributed by atoms with Crippen molar-refractivity contribution in [3.8, 4) is 0 Å². The number of hydrogen-bond donors (Lipinski definition) is 2. The first kappa shape index (κ1) is 24.6. The number of ether oxygens (including phenoxy) is 2. The minimum Gasteiger partial charge on any atom is -0.385 e. The topological polar surface area (TPSA) is 75.2 Å². The number of carbonyl (C=O) groups excluding carboxylic acids is 1. The first-order valence-corrected chi connectivity index (χ1v) is 9.24. The van der Waals surface area contributed by atoms with Crippen molar-refractivity contribution >= 4 is 41.5 Å². The number of likely N-dealkylation sites (tertiary alicyclic amines) is 1. The van der Waals surface area contributed by atoms with Gasteiger partial charge in [0.1, 0.15) is 5.82 Å². The molecule has 1 aromatic carbocycles. The molecule has 0 unspecified atom stereocenters. The normalized spacial score (nSPS) is 15.1. The summed E-state index contributed by atoms with van der Waals surface area (Å²) in [4.78, 5) is 18.4. The van der Waals surface area contributed by atoms with Crippen LogP contribution in [0.15, 0.2) is 29.3 Å². The van der Waals surface area contributed by atoms with Crippen molar-refractivity contribution in [3.05, 3.63) is 30.1 Å². The van der Waals surface area contributed by atoms with Crippen LogP contribution in [-0.2, 0) is 14.3 Å². The van der Waals surface area contributed by atoms with E-state index in [0.29, 0.717) is 11.6 Å². The summed E-state index contributed by atoms with van der Waals surface area (Å²) >= 11 is 0. The number of piperidine rings is 1. The molecule has 1 aromatic rings. The molecule has 1 aliphatic rings. The number of aliphatic imine (C=N–C) groups is 1. The third kappa shape index (κ3) is 8.70. The van der Waals surface area contributed by atoms with Gasteiger partial charge in [0.2, 0.25) is 5.91 Å². The van der Waals surface area contributed by atoms with E-state index in [0.717, 1.165) is 45.6 Å². The zero-order valence-electron chi connectivity index (χ0n) is 16.4. The molecule has 2 N–H and O–H groups in total. The molecule has 1 fully saturated rings. The van der Waals surface area contributed by atoms with Crippen LogP contribution < -0.4 is 10.6 Å². The molecule has 0 radical (unpaired) electrons. The Hall–Kier alpha value is -1.46.